The van der Waals surface area contributed by atoms with Crippen LogP contribution in [0.3, 0.4) is 0 Å². The largest absolute Gasteiger partial charge is 0.508 e. The lowest BCUT2D eigenvalue weighted by atomic mass is 9.96. The van der Waals surface area contributed by atoms with Crippen molar-refractivity contribution in [1.29, 1.82) is 0 Å². The van der Waals surface area contributed by atoms with Crippen molar-refractivity contribution in [2.75, 3.05) is 0 Å². The molecule has 3 nitrogen and oxygen atoms in total. The van der Waals surface area contributed by atoms with Gasteiger partial charge in [0, 0.05) is 17.0 Å². The lowest BCUT2D eigenvalue weighted by molar-refractivity contribution is -0.108. The van der Waals surface area contributed by atoms with E-state index in [1.54, 1.807) is 13.0 Å². The summed E-state index contributed by atoms with van der Waals surface area (Å²) in [6.45, 7) is 3.68. The third-order valence-electron chi connectivity index (χ3n) is 2.48. The van der Waals surface area contributed by atoms with Crippen LogP contribution in [0.5, 0.6) is 11.5 Å². The van der Waals surface area contributed by atoms with E-state index in [2.05, 4.69) is 0 Å². The minimum atomic E-state index is -0.346. The van der Waals surface area contributed by atoms with Crippen molar-refractivity contribution in [3.05, 3.63) is 23.3 Å². The highest BCUT2D eigenvalue weighted by Crippen LogP contribution is 2.34. The maximum Gasteiger partial charge on any atom is 0.127 e. The van der Waals surface area contributed by atoms with Crippen LogP contribution in [0.4, 0.5) is 0 Å². The van der Waals surface area contributed by atoms with Gasteiger partial charge in [-0.05, 0) is 12.5 Å². The molecule has 0 aromatic heterocycles. The Morgan fingerprint density at radius 1 is 1.40 bits per heavy atom. The fraction of sp³-hybridized carbons (Fsp3) is 0.417. The fourth-order valence-corrected chi connectivity index (χ4v) is 1.58. The average Bonchev–Trinajstić information content (AvgIpc) is 2.23. The summed E-state index contributed by atoms with van der Waals surface area (Å²) in [5.74, 6) is -0.200. The van der Waals surface area contributed by atoms with Gasteiger partial charge in [-0.1, -0.05) is 26.3 Å². The Morgan fingerprint density at radius 3 is 2.60 bits per heavy atom. The molecule has 0 spiro atoms. The first-order chi connectivity index (χ1) is 7.11. The second kappa shape index (κ2) is 4.82. The molecule has 0 radical (unpaired) electrons. The summed E-state index contributed by atoms with van der Waals surface area (Å²) in [5.41, 5.74) is 1.11. The van der Waals surface area contributed by atoms with Gasteiger partial charge in [0.1, 0.15) is 17.8 Å². The maximum atomic E-state index is 10.6. The van der Waals surface area contributed by atoms with Crippen LogP contribution >= 0.6 is 0 Å². The van der Waals surface area contributed by atoms with E-state index in [1.165, 1.54) is 6.07 Å². The van der Waals surface area contributed by atoms with E-state index in [1.807, 2.05) is 6.92 Å². The molecule has 0 aliphatic rings. The van der Waals surface area contributed by atoms with Crippen molar-refractivity contribution in [2.24, 2.45) is 0 Å². The first kappa shape index (κ1) is 11.6. The molecule has 0 saturated heterocycles. The highest BCUT2D eigenvalue weighted by Gasteiger charge is 2.15. The van der Waals surface area contributed by atoms with Gasteiger partial charge in [0.05, 0.1) is 0 Å². The predicted octanol–water partition coefficient (Wildman–Crippen LogP) is 2.35. The van der Waals surface area contributed by atoms with Crippen LogP contribution < -0.4 is 0 Å². The average molecular weight is 208 g/mol. The topological polar surface area (TPSA) is 57.5 Å². The van der Waals surface area contributed by atoms with E-state index < -0.39 is 0 Å². The van der Waals surface area contributed by atoms with Crippen LogP contribution in [0.2, 0.25) is 0 Å². The zero-order chi connectivity index (χ0) is 11.4. The van der Waals surface area contributed by atoms with Crippen molar-refractivity contribution < 1.29 is 15.0 Å². The highest BCUT2D eigenvalue weighted by atomic mass is 16.3. The molecule has 0 amide bonds. The number of benzene rings is 1. The minimum Gasteiger partial charge on any atom is -0.508 e. The Hall–Kier alpha value is -1.51. The van der Waals surface area contributed by atoms with E-state index >= 15 is 0 Å². The Labute approximate surface area is 89.4 Å². The Kier molecular flexibility index (Phi) is 3.72. The molecular formula is C12H16O3. The quantitative estimate of drug-likeness (QED) is 0.747. The Morgan fingerprint density at radius 2 is 2.07 bits per heavy atom. The number of carbonyl (C=O) groups excluding carboxylic acids is 1. The van der Waals surface area contributed by atoms with Crippen LogP contribution in [0, 0.1) is 0 Å². The van der Waals surface area contributed by atoms with Crippen molar-refractivity contribution in [3.8, 4) is 11.5 Å². The summed E-state index contributed by atoms with van der Waals surface area (Å²) in [7, 11) is 0. The number of carbonyl (C=O) groups is 1. The van der Waals surface area contributed by atoms with Gasteiger partial charge in [0.25, 0.3) is 0 Å². The van der Waals surface area contributed by atoms with E-state index in [9.17, 15) is 15.0 Å². The summed E-state index contributed by atoms with van der Waals surface area (Å²) in [6, 6.07) is 3.11. The summed E-state index contributed by atoms with van der Waals surface area (Å²) < 4.78 is 0. The molecule has 0 fully saturated rings. The SMILES string of the molecule is CCCc1c(O)ccc(C(C)C=O)c1O. The van der Waals surface area contributed by atoms with E-state index in [0.29, 0.717) is 17.5 Å². The first-order valence-corrected chi connectivity index (χ1v) is 5.10. The molecule has 1 atom stereocenters. The molecule has 15 heavy (non-hydrogen) atoms. The fourth-order valence-electron chi connectivity index (χ4n) is 1.58. The number of hydrogen-bond donors (Lipinski definition) is 2. The van der Waals surface area contributed by atoms with Crippen LogP contribution in [-0.2, 0) is 11.2 Å². The predicted molar refractivity (Wildman–Crippen MR) is 58.2 cm³/mol. The molecule has 1 rings (SSSR count). The van der Waals surface area contributed by atoms with Crippen molar-refractivity contribution in [1.82, 2.24) is 0 Å². The Balaban J connectivity index is 3.21. The summed E-state index contributed by atoms with van der Waals surface area (Å²) in [6.07, 6.45) is 2.22. The maximum absolute atomic E-state index is 10.6. The number of aromatic hydroxyl groups is 2. The molecule has 0 aliphatic carbocycles. The molecule has 0 aliphatic heterocycles. The van der Waals surface area contributed by atoms with E-state index in [-0.39, 0.29) is 17.4 Å². The van der Waals surface area contributed by atoms with Gasteiger partial charge in [-0.25, -0.2) is 0 Å². The third kappa shape index (κ3) is 2.29. The van der Waals surface area contributed by atoms with Gasteiger partial charge in [-0.2, -0.15) is 0 Å². The van der Waals surface area contributed by atoms with Gasteiger partial charge in [0.15, 0.2) is 0 Å². The Bertz CT molecular complexity index is 358. The number of aldehydes is 1. The first-order valence-electron chi connectivity index (χ1n) is 5.10. The van der Waals surface area contributed by atoms with Crippen molar-refractivity contribution in [3.63, 3.8) is 0 Å². The van der Waals surface area contributed by atoms with E-state index in [4.69, 9.17) is 0 Å². The second-order valence-electron chi connectivity index (χ2n) is 3.68. The lowest BCUT2D eigenvalue weighted by Gasteiger charge is -2.12. The second-order valence-corrected chi connectivity index (χ2v) is 3.68. The van der Waals surface area contributed by atoms with Crippen LogP contribution in [0.15, 0.2) is 12.1 Å². The van der Waals surface area contributed by atoms with Crippen LogP contribution in [0.25, 0.3) is 0 Å². The monoisotopic (exact) mass is 208 g/mol. The van der Waals surface area contributed by atoms with Gasteiger partial charge in [-0.15, -0.1) is 0 Å². The summed E-state index contributed by atoms with van der Waals surface area (Å²) in [5, 5.41) is 19.4. The van der Waals surface area contributed by atoms with Gasteiger partial charge in [0.2, 0.25) is 0 Å². The smallest absolute Gasteiger partial charge is 0.127 e. The molecule has 0 heterocycles. The standard InChI is InChI=1S/C12H16O3/c1-3-4-10-11(14)6-5-9(12(10)15)8(2)7-13/h5-8,14-15H,3-4H2,1-2H3. The highest BCUT2D eigenvalue weighted by molar-refractivity contribution is 5.65. The number of hydrogen-bond acceptors (Lipinski definition) is 3. The molecule has 0 bridgehead atoms. The minimum absolute atomic E-state index is 0.0523. The van der Waals surface area contributed by atoms with Gasteiger partial charge in [-0.3, -0.25) is 0 Å². The van der Waals surface area contributed by atoms with Crippen molar-refractivity contribution in [2.45, 2.75) is 32.6 Å². The molecule has 82 valence electrons. The summed E-state index contributed by atoms with van der Waals surface area (Å²) in [4.78, 5) is 10.6. The summed E-state index contributed by atoms with van der Waals surface area (Å²) >= 11 is 0. The third-order valence-corrected chi connectivity index (χ3v) is 2.48. The van der Waals surface area contributed by atoms with E-state index in [0.717, 1.165) is 12.7 Å². The molecule has 0 saturated carbocycles. The number of rotatable bonds is 4. The molecule has 1 aromatic carbocycles. The zero-order valence-corrected chi connectivity index (χ0v) is 9.03. The van der Waals surface area contributed by atoms with Crippen molar-refractivity contribution >= 4 is 6.29 Å². The molecule has 3 heteroatoms. The number of phenols is 2. The molecule has 1 aromatic rings. The normalized spacial score (nSPS) is 12.4. The van der Waals surface area contributed by atoms with Crippen LogP contribution in [0.1, 0.15) is 37.3 Å². The van der Waals surface area contributed by atoms with Gasteiger partial charge >= 0.3 is 0 Å². The number of phenolic OH excluding ortho intramolecular Hbond substituents is 2. The molecule has 2 N–H and O–H groups in total. The zero-order valence-electron chi connectivity index (χ0n) is 9.03. The van der Waals surface area contributed by atoms with Gasteiger partial charge < -0.3 is 15.0 Å². The molecular weight excluding hydrogens is 192 g/mol. The lowest BCUT2D eigenvalue weighted by Crippen LogP contribution is -1.97. The van der Waals surface area contributed by atoms with Crippen LogP contribution in [-0.4, -0.2) is 16.5 Å². The molecule has 1 unspecified atom stereocenters.